The first-order valence-corrected chi connectivity index (χ1v) is 33.2. The standard InChI is InChI=1S/C70H130N2/c1-5-7-9-11-13-15-23-29-37-51-63-71(3,67-55-41-33-27-35-45-57-69-59-47-43-48-60-69)65-53-39-31-25-21-19-17-18-20-22-26-32-40-54-66-72(4,64-52-38-30-24-16-14-12-10-8-6-2)68-56-42-34-28-36-46-58-70-61-49-44-50-62-70/h43-44,47-50,59-62H,5-42,45-46,51-58,63-68H2,1-4H3/q+2. The second-order valence-corrected chi connectivity index (χ2v) is 24.6. The van der Waals surface area contributed by atoms with Crippen molar-refractivity contribution < 1.29 is 8.97 Å². The SMILES string of the molecule is CCCCCCCCCCCC[N+](C)(CCCCCCCCCCCCCCCC[N+](C)(CCCCCCCCCCCC)CCCCCCCCc1ccccc1)CCCCCCCCc1ccccc1. The average Bonchev–Trinajstić information content (AvgIpc) is 3.39. The molecule has 0 radical (unpaired) electrons. The van der Waals surface area contributed by atoms with E-state index >= 15 is 0 Å². The maximum atomic E-state index is 2.63. The Labute approximate surface area is 454 Å². The highest BCUT2D eigenvalue weighted by Gasteiger charge is 2.21. The van der Waals surface area contributed by atoms with Gasteiger partial charge in [-0.3, -0.25) is 0 Å². The molecule has 0 saturated carbocycles. The maximum absolute atomic E-state index is 2.63. The van der Waals surface area contributed by atoms with Gasteiger partial charge in [0, 0.05) is 0 Å². The van der Waals surface area contributed by atoms with Gasteiger partial charge in [0.2, 0.25) is 0 Å². The summed E-state index contributed by atoms with van der Waals surface area (Å²) in [6.07, 6.45) is 69.0. The van der Waals surface area contributed by atoms with Crippen LogP contribution >= 0.6 is 0 Å². The molecule has 0 bridgehead atoms. The Hall–Kier alpha value is -1.64. The normalized spacial score (nSPS) is 13.4. The smallest absolute Gasteiger partial charge is 0.0784 e. The summed E-state index contributed by atoms with van der Waals surface area (Å²) in [6, 6.07) is 22.2. The molecular weight excluding hydrogens is 869 g/mol. The number of rotatable bonds is 57. The molecule has 2 nitrogen and oxygen atoms in total. The van der Waals surface area contributed by atoms with Gasteiger partial charge in [-0.15, -0.1) is 0 Å². The molecule has 0 aromatic heterocycles. The average molecular weight is 1000 g/mol. The van der Waals surface area contributed by atoms with E-state index in [2.05, 4.69) is 88.6 Å². The summed E-state index contributed by atoms with van der Waals surface area (Å²) in [4.78, 5) is 0. The van der Waals surface area contributed by atoms with Gasteiger partial charge in [-0.05, 0) is 114 Å². The zero-order valence-corrected chi connectivity index (χ0v) is 49.9. The third-order valence-corrected chi connectivity index (χ3v) is 17.3. The van der Waals surface area contributed by atoms with Gasteiger partial charge in [0.1, 0.15) is 0 Å². The van der Waals surface area contributed by atoms with E-state index in [-0.39, 0.29) is 0 Å². The minimum absolute atomic E-state index is 1.26. The Kier molecular flexibility index (Phi) is 46.3. The van der Waals surface area contributed by atoms with Crippen molar-refractivity contribution >= 4 is 0 Å². The lowest BCUT2D eigenvalue weighted by molar-refractivity contribution is -0.910. The van der Waals surface area contributed by atoms with E-state index in [0.717, 1.165) is 0 Å². The van der Waals surface area contributed by atoms with Crippen LogP contribution in [0.15, 0.2) is 60.7 Å². The lowest BCUT2D eigenvalue weighted by Crippen LogP contribution is -2.46. The third kappa shape index (κ3) is 42.6. The molecule has 2 heteroatoms. The predicted molar refractivity (Wildman–Crippen MR) is 326 cm³/mol. The summed E-state index contributed by atoms with van der Waals surface area (Å²) in [5, 5.41) is 0. The fourth-order valence-electron chi connectivity index (χ4n) is 12.1. The van der Waals surface area contributed by atoms with Crippen molar-refractivity contribution in [3.05, 3.63) is 71.8 Å². The van der Waals surface area contributed by atoms with E-state index in [0.29, 0.717) is 0 Å². The first kappa shape index (κ1) is 66.5. The van der Waals surface area contributed by atoms with Gasteiger partial charge in [-0.1, -0.05) is 280 Å². The van der Waals surface area contributed by atoms with Crippen LogP contribution in [0.1, 0.15) is 320 Å². The van der Waals surface area contributed by atoms with Crippen LogP contribution in [0.5, 0.6) is 0 Å². The highest BCUT2D eigenvalue weighted by molar-refractivity contribution is 5.15. The highest BCUT2D eigenvalue weighted by atomic mass is 15.3. The summed E-state index contributed by atoms with van der Waals surface area (Å²) in [5.74, 6) is 0. The molecule has 2 aromatic rings. The summed E-state index contributed by atoms with van der Waals surface area (Å²) < 4.78 is 2.69. The Balaban J connectivity index is 1.54. The molecule has 2 atom stereocenters. The fraction of sp³-hybridized carbons (Fsp3) is 0.829. The van der Waals surface area contributed by atoms with Crippen molar-refractivity contribution in [2.75, 3.05) is 53.4 Å². The first-order chi connectivity index (χ1) is 35.5. The van der Waals surface area contributed by atoms with E-state index in [9.17, 15) is 0 Å². The zero-order valence-electron chi connectivity index (χ0n) is 49.9. The van der Waals surface area contributed by atoms with Crippen molar-refractivity contribution in [1.29, 1.82) is 0 Å². The number of quaternary nitrogens is 2. The van der Waals surface area contributed by atoms with Gasteiger partial charge in [0.25, 0.3) is 0 Å². The zero-order chi connectivity index (χ0) is 51.4. The lowest BCUT2D eigenvalue weighted by atomic mass is 10.0. The van der Waals surface area contributed by atoms with E-state index in [4.69, 9.17) is 0 Å². The molecule has 418 valence electrons. The number of unbranched alkanes of at least 4 members (excludes halogenated alkanes) is 41. The van der Waals surface area contributed by atoms with Gasteiger partial charge in [-0.25, -0.2) is 0 Å². The topological polar surface area (TPSA) is 0 Å². The van der Waals surface area contributed by atoms with Gasteiger partial charge < -0.3 is 8.97 Å². The van der Waals surface area contributed by atoms with Crippen LogP contribution in [0.4, 0.5) is 0 Å². The van der Waals surface area contributed by atoms with E-state index in [1.165, 1.54) is 368 Å². The summed E-state index contributed by atoms with van der Waals surface area (Å²) >= 11 is 0. The second-order valence-electron chi connectivity index (χ2n) is 24.6. The minimum Gasteiger partial charge on any atom is -0.326 e. The Morgan fingerprint density at radius 2 is 0.375 bits per heavy atom. The molecule has 0 aliphatic heterocycles. The number of nitrogens with zero attached hydrogens (tertiary/aromatic N) is 2. The maximum Gasteiger partial charge on any atom is 0.0784 e. The monoisotopic (exact) mass is 999 g/mol. The summed E-state index contributed by atoms with van der Waals surface area (Å²) in [6.45, 7) is 13.2. The predicted octanol–water partition coefficient (Wildman–Crippen LogP) is 22.3. The lowest BCUT2D eigenvalue weighted by Gasteiger charge is -2.35. The Bertz CT molecular complexity index is 1240. The van der Waals surface area contributed by atoms with Crippen molar-refractivity contribution in [2.24, 2.45) is 0 Å². The number of benzene rings is 2. The van der Waals surface area contributed by atoms with Crippen LogP contribution in [0.3, 0.4) is 0 Å². The number of aryl methyl sites for hydroxylation is 2. The van der Waals surface area contributed by atoms with E-state index < -0.39 is 0 Å². The largest absolute Gasteiger partial charge is 0.326 e. The molecule has 72 heavy (non-hydrogen) atoms. The van der Waals surface area contributed by atoms with Crippen molar-refractivity contribution in [3.63, 3.8) is 0 Å². The van der Waals surface area contributed by atoms with Gasteiger partial charge in [-0.2, -0.15) is 0 Å². The van der Waals surface area contributed by atoms with Crippen molar-refractivity contribution in [3.8, 4) is 0 Å². The molecule has 2 unspecified atom stereocenters. The van der Waals surface area contributed by atoms with Crippen molar-refractivity contribution in [1.82, 2.24) is 0 Å². The molecule has 0 spiro atoms. The van der Waals surface area contributed by atoms with E-state index in [1.54, 1.807) is 0 Å². The van der Waals surface area contributed by atoms with Gasteiger partial charge in [0.15, 0.2) is 0 Å². The van der Waals surface area contributed by atoms with Gasteiger partial charge >= 0.3 is 0 Å². The molecule has 0 heterocycles. The second kappa shape index (κ2) is 50.2. The minimum atomic E-state index is 1.26. The van der Waals surface area contributed by atoms with Crippen LogP contribution in [0.25, 0.3) is 0 Å². The quantitative estimate of drug-likeness (QED) is 0.0458. The van der Waals surface area contributed by atoms with Crippen LogP contribution in [0, 0.1) is 0 Å². The van der Waals surface area contributed by atoms with Crippen LogP contribution in [-0.4, -0.2) is 62.3 Å². The molecule has 0 fully saturated rings. The molecule has 0 saturated heterocycles. The molecule has 0 amide bonds. The molecule has 2 rings (SSSR count). The van der Waals surface area contributed by atoms with Gasteiger partial charge in [0.05, 0.1) is 53.4 Å². The molecule has 2 aromatic carbocycles. The molecule has 0 N–H and O–H groups in total. The van der Waals surface area contributed by atoms with Crippen LogP contribution < -0.4 is 0 Å². The number of hydrogen-bond acceptors (Lipinski definition) is 0. The highest BCUT2D eigenvalue weighted by Crippen LogP contribution is 2.21. The number of hydrogen-bond donors (Lipinski definition) is 0. The summed E-state index contributed by atoms with van der Waals surface area (Å²) in [7, 11) is 5.25. The first-order valence-electron chi connectivity index (χ1n) is 33.2. The molecular formula is C70H130N2+2. The van der Waals surface area contributed by atoms with Crippen LogP contribution in [0.2, 0.25) is 0 Å². The van der Waals surface area contributed by atoms with Crippen LogP contribution in [-0.2, 0) is 12.8 Å². The van der Waals surface area contributed by atoms with Crippen molar-refractivity contribution in [2.45, 2.75) is 322 Å². The fourth-order valence-corrected chi connectivity index (χ4v) is 12.1. The molecule has 0 aliphatic carbocycles. The Morgan fingerprint density at radius 3 is 0.569 bits per heavy atom. The molecule has 0 aliphatic rings. The summed E-state index contributed by atoms with van der Waals surface area (Å²) in [5.41, 5.74) is 3.02. The third-order valence-electron chi connectivity index (χ3n) is 17.3. The van der Waals surface area contributed by atoms with E-state index in [1.807, 2.05) is 0 Å². The Morgan fingerprint density at radius 1 is 0.208 bits per heavy atom.